The van der Waals surface area contributed by atoms with E-state index in [1.54, 1.807) is 12.4 Å². The van der Waals surface area contributed by atoms with Gasteiger partial charge in [-0.05, 0) is 44.1 Å². The SMILES string of the molecule is CN1c2cc(C(C=NCC(O)CN3CCCC3)=CN)cnc2C=CC1Cl. The molecule has 0 bridgehead atoms. The van der Waals surface area contributed by atoms with E-state index in [9.17, 15) is 5.11 Å². The van der Waals surface area contributed by atoms with Gasteiger partial charge in [0.1, 0.15) is 5.50 Å². The molecule has 6 nitrogen and oxygen atoms in total. The lowest BCUT2D eigenvalue weighted by molar-refractivity contribution is 0.132. The highest BCUT2D eigenvalue weighted by molar-refractivity contribution is 6.23. The van der Waals surface area contributed by atoms with E-state index in [4.69, 9.17) is 17.3 Å². The third kappa shape index (κ3) is 4.44. The fraction of sp³-hybridized carbons (Fsp3) is 0.474. The number of allylic oxidation sites excluding steroid dienone is 1. The lowest BCUT2D eigenvalue weighted by Crippen LogP contribution is -2.31. The number of hydrogen-bond donors (Lipinski definition) is 2. The first kappa shape index (κ1) is 18.9. The smallest absolute Gasteiger partial charge is 0.123 e. The maximum atomic E-state index is 10.1. The average Bonchev–Trinajstić information content (AvgIpc) is 3.15. The Hall–Kier alpha value is -1.89. The molecule has 3 heterocycles. The molecule has 0 amide bonds. The molecule has 2 aliphatic rings. The molecule has 3 rings (SSSR count). The molecule has 0 radical (unpaired) electrons. The van der Waals surface area contributed by atoms with Gasteiger partial charge in [-0.1, -0.05) is 11.6 Å². The van der Waals surface area contributed by atoms with Crippen LogP contribution in [-0.2, 0) is 0 Å². The zero-order chi connectivity index (χ0) is 18.5. The van der Waals surface area contributed by atoms with E-state index >= 15 is 0 Å². The second-order valence-electron chi connectivity index (χ2n) is 6.75. The number of likely N-dealkylation sites (tertiary alicyclic amines) is 1. The normalized spacial score (nSPS) is 22.2. The van der Waals surface area contributed by atoms with Crippen molar-refractivity contribution in [2.24, 2.45) is 10.7 Å². The molecule has 1 saturated heterocycles. The van der Waals surface area contributed by atoms with Crippen molar-refractivity contribution >= 4 is 35.2 Å². The van der Waals surface area contributed by atoms with Gasteiger partial charge in [0.15, 0.2) is 0 Å². The number of anilines is 1. The van der Waals surface area contributed by atoms with Crippen LogP contribution >= 0.6 is 11.6 Å². The van der Waals surface area contributed by atoms with Gasteiger partial charge in [-0.15, -0.1) is 0 Å². The first-order valence-electron chi connectivity index (χ1n) is 8.96. The van der Waals surface area contributed by atoms with Crippen molar-refractivity contribution in [3.8, 4) is 0 Å². The maximum absolute atomic E-state index is 10.1. The van der Waals surface area contributed by atoms with Crippen molar-refractivity contribution in [1.29, 1.82) is 0 Å². The number of pyridine rings is 1. The zero-order valence-electron chi connectivity index (χ0n) is 15.1. The number of hydrogen-bond acceptors (Lipinski definition) is 6. The quantitative estimate of drug-likeness (QED) is 0.451. The summed E-state index contributed by atoms with van der Waals surface area (Å²) < 4.78 is 0. The molecule has 1 fully saturated rings. The molecule has 2 atom stereocenters. The largest absolute Gasteiger partial charge is 0.404 e. The summed E-state index contributed by atoms with van der Waals surface area (Å²) in [5.74, 6) is 0. The summed E-state index contributed by atoms with van der Waals surface area (Å²) in [4.78, 5) is 13.1. The molecule has 140 valence electrons. The van der Waals surface area contributed by atoms with Crippen molar-refractivity contribution in [2.45, 2.75) is 24.4 Å². The number of aliphatic hydroxyl groups is 1. The Kier molecular flexibility index (Phi) is 6.29. The van der Waals surface area contributed by atoms with Crippen LogP contribution in [0.5, 0.6) is 0 Å². The molecule has 1 aromatic heterocycles. The van der Waals surface area contributed by atoms with Gasteiger partial charge in [0.05, 0.1) is 24.0 Å². The van der Waals surface area contributed by atoms with Crippen LogP contribution in [0.25, 0.3) is 11.6 Å². The third-order valence-corrected chi connectivity index (χ3v) is 5.23. The van der Waals surface area contributed by atoms with Gasteiger partial charge in [-0.2, -0.15) is 0 Å². The van der Waals surface area contributed by atoms with Crippen LogP contribution in [0.4, 0.5) is 5.69 Å². The summed E-state index contributed by atoms with van der Waals surface area (Å²) in [5.41, 5.74) is 9.06. The number of aromatic nitrogens is 1. The zero-order valence-corrected chi connectivity index (χ0v) is 15.8. The van der Waals surface area contributed by atoms with Crippen LogP contribution in [0.1, 0.15) is 24.1 Å². The van der Waals surface area contributed by atoms with Gasteiger partial charge in [0.25, 0.3) is 0 Å². The highest BCUT2D eigenvalue weighted by Gasteiger charge is 2.19. The number of halogens is 1. The van der Waals surface area contributed by atoms with Gasteiger partial charge >= 0.3 is 0 Å². The summed E-state index contributed by atoms with van der Waals surface area (Å²) in [6, 6.07) is 2.01. The monoisotopic (exact) mass is 375 g/mol. The Balaban J connectivity index is 1.64. The number of rotatable bonds is 6. The Morgan fingerprint density at radius 2 is 2.27 bits per heavy atom. The van der Waals surface area contributed by atoms with E-state index in [0.29, 0.717) is 13.1 Å². The molecule has 0 saturated carbocycles. The van der Waals surface area contributed by atoms with Crippen LogP contribution in [0.3, 0.4) is 0 Å². The van der Waals surface area contributed by atoms with Crippen LogP contribution in [-0.4, -0.2) is 66.0 Å². The minimum atomic E-state index is -0.460. The van der Waals surface area contributed by atoms with E-state index in [0.717, 1.165) is 35.6 Å². The number of likely N-dealkylation sites (N-methyl/N-ethyl adjacent to an activating group) is 1. The first-order valence-corrected chi connectivity index (χ1v) is 9.40. The second-order valence-corrected chi connectivity index (χ2v) is 7.20. The predicted molar refractivity (Wildman–Crippen MR) is 109 cm³/mol. The van der Waals surface area contributed by atoms with Crippen molar-refractivity contribution in [3.63, 3.8) is 0 Å². The number of β-amino-alcohol motifs (C(OH)–C–C–N with tert-alkyl or cyclic N) is 1. The molecule has 3 N–H and O–H groups in total. The van der Waals surface area contributed by atoms with Crippen molar-refractivity contribution in [3.05, 3.63) is 35.8 Å². The summed E-state index contributed by atoms with van der Waals surface area (Å²) in [5, 5.41) is 10.1. The maximum Gasteiger partial charge on any atom is 0.123 e. The molecule has 0 spiro atoms. The third-order valence-electron chi connectivity index (χ3n) is 4.79. The number of aliphatic hydroxyl groups excluding tert-OH is 1. The van der Waals surface area contributed by atoms with E-state index in [-0.39, 0.29) is 5.50 Å². The lowest BCUT2D eigenvalue weighted by Gasteiger charge is -2.27. The summed E-state index contributed by atoms with van der Waals surface area (Å²) in [6.45, 7) is 3.17. The molecular weight excluding hydrogens is 350 g/mol. The summed E-state index contributed by atoms with van der Waals surface area (Å²) in [6.07, 6.45) is 10.8. The number of nitrogens with two attached hydrogens (primary N) is 1. The van der Waals surface area contributed by atoms with Gasteiger partial charge in [0.2, 0.25) is 0 Å². The average molecular weight is 376 g/mol. The topological polar surface area (TPSA) is 78.0 Å². The molecule has 0 aromatic carbocycles. The van der Waals surface area contributed by atoms with E-state index < -0.39 is 6.10 Å². The standard InChI is InChI=1S/C19H26ClN5O/c1-24-18-8-14(11-23-17(18)4-5-19(24)20)15(9-21)10-22-12-16(26)13-25-6-2-3-7-25/h4-5,8-11,16,19,26H,2-3,6-7,12-13,21H2,1H3. The minimum Gasteiger partial charge on any atom is -0.404 e. The predicted octanol–water partition coefficient (Wildman–Crippen LogP) is 1.94. The lowest BCUT2D eigenvalue weighted by atomic mass is 10.1. The highest BCUT2D eigenvalue weighted by Crippen LogP contribution is 2.29. The van der Waals surface area contributed by atoms with Gasteiger partial charge in [-0.25, -0.2) is 0 Å². The van der Waals surface area contributed by atoms with Crippen LogP contribution in [0, 0.1) is 0 Å². The van der Waals surface area contributed by atoms with Gasteiger partial charge in [-0.3, -0.25) is 9.98 Å². The van der Waals surface area contributed by atoms with Crippen molar-refractivity contribution < 1.29 is 5.11 Å². The van der Waals surface area contributed by atoms with Crippen molar-refractivity contribution in [1.82, 2.24) is 9.88 Å². The Labute approximate surface area is 159 Å². The van der Waals surface area contributed by atoms with Gasteiger partial charge in [0, 0.05) is 43.3 Å². The fourth-order valence-corrected chi connectivity index (χ4v) is 3.45. The number of alkyl halides is 1. The van der Waals surface area contributed by atoms with E-state index in [1.807, 2.05) is 30.2 Å². The van der Waals surface area contributed by atoms with Crippen LogP contribution < -0.4 is 10.6 Å². The number of aliphatic imine (C=N–C) groups is 1. The van der Waals surface area contributed by atoms with Crippen LogP contribution in [0.15, 0.2) is 29.5 Å². The highest BCUT2D eigenvalue weighted by atomic mass is 35.5. The Morgan fingerprint density at radius 3 is 3.00 bits per heavy atom. The number of nitrogens with zero attached hydrogens (tertiary/aromatic N) is 4. The van der Waals surface area contributed by atoms with Crippen molar-refractivity contribution in [2.75, 3.05) is 38.1 Å². The molecule has 2 unspecified atom stereocenters. The van der Waals surface area contributed by atoms with Crippen LogP contribution in [0.2, 0.25) is 0 Å². The fourth-order valence-electron chi connectivity index (χ4n) is 3.27. The summed E-state index contributed by atoms with van der Waals surface area (Å²) >= 11 is 6.26. The van der Waals surface area contributed by atoms with E-state index in [1.165, 1.54) is 19.0 Å². The molecule has 2 aliphatic heterocycles. The molecule has 7 heteroatoms. The minimum absolute atomic E-state index is 0.195. The molecule has 0 aliphatic carbocycles. The Morgan fingerprint density at radius 1 is 1.50 bits per heavy atom. The Bertz CT molecular complexity index is 712. The van der Waals surface area contributed by atoms with E-state index in [2.05, 4.69) is 14.9 Å². The van der Waals surface area contributed by atoms with Gasteiger partial charge < -0.3 is 20.6 Å². The molecule has 26 heavy (non-hydrogen) atoms. The second kappa shape index (κ2) is 8.66. The summed E-state index contributed by atoms with van der Waals surface area (Å²) in [7, 11) is 1.93. The number of fused-ring (bicyclic) bond motifs is 1. The molecular formula is C19H26ClN5O. The molecule has 1 aromatic rings. The first-order chi connectivity index (χ1) is 12.6.